The minimum Gasteiger partial charge on any atom is -0.477 e. The van der Waals surface area contributed by atoms with Crippen LogP contribution in [0.4, 0.5) is 8.78 Å². The van der Waals surface area contributed by atoms with Crippen molar-refractivity contribution in [3.63, 3.8) is 0 Å². The van der Waals surface area contributed by atoms with Gasteiger partial charge in [0.25, 0.3) is 0 Å². The van der Waals surface area contributed by atoms with Crippen LogP contribution in [0.2, 0.25) is 0 Å². The lowest BCUT2D eigenvalue weighted by Gasteiger charge is -2.09. The van der Waals surface area contributed by atoms with Crippen LogP contribution in [0.5, 0.6) is 0 Å². The number of carbonyl (C=O) groups is 1. The van der Waals surface area contributed by atoms with Crippen LogP contribution >= 0.6 is 9.24 Å². The first kappa shape index (κ1) is 11.8. The number of carboxylic acids is 1. The number of unbranched alkanes of at least 4 members (excludes halogenated alkanes) is 2. The van der Waals surface area contributed by atoms with Crippen molar-refractivity contribution in [2.45, 2.75) is 31.6 Å². The molecule has 72 valence electrons. The lowest BCUT2D eigenvalue weighted by atomic mass is 10.1. The normalized spacial score (nSPS) is 11.6. The summed E-state index contributed by atoms with van der Waals surface area (Å²) < 4.78 is 24.7. The number of halogens is 2. The van der Waals surface area contributed by atoms with Crippen LogP contribution in [0.1, 0.15) is 25.7 Å². The van der Waals surface area contributed by atoms with Gasteiger partial charge >= 0.3 is 11.9 Å². The summed E-state index contributed by atoms with van der Waals surface area (Å²) in [7, 11) is 2.50. The Morgan fingerprint density at radius 1 is 1.33 bits per heavy atom. The number of hydrogen-bond acceptors (Lipinski definition) is 1. The lowest BCUT2D eigenvalue weighted by molar-refractivity contribution is -0.165. The summed E-state index contributed by atoms with van der Waals surface area (Å²) >= 11 is 0. The zero-order chi connectivity index (χ0) is 9.61. The Morgan fingerprint density at radius 2 is 1.92 bits per heavy atom. The summed E-state index contributed by atoms with van der Waals surface area (Å²) in [5, 5.41) is 8.04. The molecule has 0 heterocycles. The molecule has 0 rings (SSSR count). The third-order valence-electron chi connectivity index (χ3n) is 1.51. The molecule has 5 heteroatoms. The van der Waals surface area contributed by atoms with E-state index < -0.39 is 18.3 Å². The first-order chi connectivity index (χ1) is 5.50. The molecule has 2 nitrogen and oxygen atoms in total. The largest absolute Gasteiger partial charge is 0.477 e. The van der Waals surface area contributed by atoms with Crippen LogP contribution in [-0.2, 0) is 4.79 Å². The molecule has 12 heavy (non-hydrogen) atoms. The third kappa shape index (κ3) is 4.60. The Morgan fingerprint density at radius 3 is 2.33 bits per heavy atom. The molecule has 1 unspecified atom stereocenters. The van der Waals surface area contributed by atoms with Crippen LogP contribution in [-0.4, -0.2) is 23.2 Å². The highest BCUT2D eigenvalue weighted by Crippen LogP contribution is 2.21. The van der Waals surface area contributed by atoms with Gasteiger partial charge in [-0.05, 0) is 19.0 Å². The topological polar surface area (TPSA) is 37.3 Å². The van der Waals surface area contributed by atoms with Gasteiger partial charge < -0.3 is 5.11 Å². The van der Waals surface area contributed by atoms with Gasteiger partial charge in [0.2, 0.25) is 0 Å². The monoisotopic (exact) mass is 198 g/mol. The Balaban J connectivity index is 3.54. The van der Waals surface area contributed by atoms with Crippen LogP contribution in [0.3, 0.4) is 0 Å². The molecular formula is C7H13F2O2P. The molecule has 0 bridgehead atoms. The molecule has 0 aliphatic rings. The maximum atomic E-state index is 12.4. The average Bonchev–Trinajstić information content (AvgIpc) is 1.98. The van der Waals surface area contributed by atoms with Crippen molar-refractivity contribution < 1.29 is 18.7 Å². The van der Waals surface area contributed by atoms with Crippen molar-refractivity contribution >= 4 is 15.2 Å². The number of aliphatic carboxylic acids is 1. The molecular weight excluding hydrogens is 185 g/mol. The summed E-state index contributed by atoms with van der Waals surface area (Å²) in [6.07, 6.45) is 2.10. The van der Waals surface area contributed by atoms with Crippen molar-refractivity contribution in [2.75, 3.05) is 6.16 Å². The zero-order valence-corrected chi connectivity index (χ0v) is 7.88. The number of hydrogen-bond donors (Lipinski definition) is 1. The molecule has 0 fully saturated rings. The SMILES string of the molecule is O=C(O)C(F)(F)CCCCCP. The van der Waals surface area contributed by atoms with Crippen LogP contribution in [0.15, 0.2) is 0 Å². The molecule has 0 amide bonds. The van der Waals surface area contributed by atoms with E-state index in [0.29, 0.717) is 6.42 Å². The minimum atomic E-state index is -3.54. The van der Waals surface area contributed by atoms with E-state index in [9.17, 15) is 13.6 Å². The van der Waals surface area contributed by atoms with Crippen molar-refractivity contribution in [1.82, 2.24) is 0 Å². The van der Waals surface area contributed by atoms with Crippen LogP contribution in [0.25, 0.3) is 0 Å². The van der Waals surface area contributed by atoms with Gasteiger partial charge in [0, 0.05) is 6.42 Å². The van der Waals surface area contributed by atoms with E-state index in [0.717, 1.165) is 12.6 Å². The highest BCUT2D eigenvalue weighted by Gasteiger charge is 2.37. The maximum absolute atomic E-state index is 12.4. The standard InChI is InChI=1S/C7H13F2O2P/c8-7(9,6(10)11)4-2-1-3-5-12/h1-5,12H2,(H,10,11). The third-order valence-corrected chi connectivity index (χ3v) is 1.92. The van der Waals surface area contributed by atoms with E-state index in [1.165, 1.54) is 0 Å². The molecule has 0 saturated carbocycles. The fraction of sp³-hybridized carbons (Fsp3) is 0.857. The second kappa shape index (κ2) is 5.41. The Labute approximate surface area is 72.5 Å². The fourth-order valence-electron chi connectivity index (χ4n) is 0.775. The number of carboxylic acid groups (broad SMARTS) is 1. The molecule has 1 atom stereocenters. The molecule has 0 saturated heterocycles. The molecule has 0 spiro atoms. The molecule has 0 aromatic carbocycles. The van der Waals surface area contributed by atoms with Crippen LogP contribution in [0, 0.1) is 0 Å². The number of alkyl halides is 2. The van der Waals surface area contributed by atoms with Gasteiger partial charge in [-0.25, -0.2) is 4.79 Å². The first-order valence-electron chi connectivity index (χ1n) is 3.82. The lowest BCUT2D eigenvalue weighted by Crippen LogP contribution is -2.27. The van der Waals surface area contributed by atoms with Crippen molar-refractivity contribution in [1.29, 1.82) is 0 Å². The molecule has 0 aromatic heterocycles. The molecule has 1 N–H and O–H groups in total. The van der Waals surface area contributed by atoms with E-state index in [1.807, 2.05) is 0 Å². The highest BCUT2D eigenvalue weighted by atomic mass is 31.0. The zero-order valence-electron chi connectivity index (χ0n) is 6.72. The van der Waals surface area contributed by atoms with Gasteiger partial charge in [0.1, 0.15) is 0 Å². The van der Waals surface area contributed by atoms with E-state index in [-0.39, 0.29) is 6.42 Å². The summed E-state index contributed by atoms with van der Waals surface area (Å²) in [6.45, 7) is 0. The van der Waals surface area contributed by atoms with Gasteiger partial charge in [-0.3, -0.25) is 0 Å². The Hall–Kier alpha value is -0.240. The summed E-state index contributed by atoms with van der Waals surface area (Å²) in [6, 6.07) is 0. The Kier molecular flexibility index (Phi) is 5.31. The predicted octanol–water partition coefficient (Wildman–Crippen LogP) is 2.14. The molecule has 0 aromatic rings. The fourth-order valence-corrected chi connectivity index (χ4v) is 1.06. The van der Waals surface area contributed by atoms with Gasteiger partial charge in [-0.1, -0.05) is 6.42 Å². The second-order valence-electron chi connectivity index (χ2n) is 2.61. The minimum absolute atomic E-state index is 0.272. The van der Waals surface area contributed by atoms with E-state index in [2.05, 4.69) is 9.24 Å². The second-order valence-corrected chi connectivity index (χ2v) is 3.19. The van der Waals surface area contributed by atoms with Gasteiger partial charge in [-0.15, -0.1) is 9.24 Å². The average molecular weight is 198 g/mol. The van der Waals surface area contributed by atoms with E-state index >= 15 is 0 Å². The summed E-state index contributed by atoms with van der Waals surface area (Å²) in [5.74, 6) is -5.56. The van der Waals surface area contributed by atoms with E-state index in [4.69, 9.17) is 5.11 Å². The molecule has 0 radical (unpaired) electrons. The summed E-state index contributed by atoms with van der Waals surface area (Å²) in [4.78, 5) is 9.93. The van der Waals surface area contributed by atoms with Gasteiger partial charge in [-0.2, -0.15) is 8.78 Å². The Bertz CT molecular complexity index is 150. The predicted molar refractivity (Wildman–Crippen MR) is 45.6 cm³/mol. The maximum Gasteiger partial charge on any atom is 0.374 e. The van der Waals surface area contributed by atoms with Crippen molar-refractivity contribution in [3.05, 3.63) is 0 Å². The smallest absolute Gasteiger partial charge is 0.374 e. The quantitative estimate of drug-likeness (QED) is 0.524. The van der Waals surface area contributed by atoms with E-state index in [1.54, 1.807) is 0 Å². The van der Waals surface area contributed by atoms with Crippen molar-refractivity contribution in [3.8, 4) is 0 Å². The van der Waals surface area contributed by atoms with Crippen LogP contribution < -0.4 is 0 Å². The van der Waals surface area contributed by atoms with Gasteiger partial charge in [0.15, 0.2) is 0 Å². The highest BCUT2D eigenvalue weighted by molar-refractivity contribution is 7.16. The summed E-state index contributed by atoms with van der Waals surface area (Å²) in [5.41, 5.74) is 0. The van der Waals surface area contributed by atoms with Gasteiger partial charge in [0.05, 0.1) is 0 Å². The first-order valence-corrected chi connectivity index (χ1v) is 4.63. The molecule has 0 aliphatic carbocycles. The molecule has 0 aliphatic heterocycles. The number of rotatable bonds is 6. The van der Waals surface area contributed by atoms with Crippen molar-refractivity contribution in [2.24, 2.45) is 0 Å².